The average Bonchev–Trinajstić information content (AvgIpc) is 3.30. The van der Waals surface area contributed by atoms with Crippen molar-refractivity contribution in [3.63, 3.8) is 0 Å². The molecule has 0 spiro atoms. The van der Waals surface area contributed by atoms with Gasteiger partial charge in [0.05, 0.1) is 18.2 Å². The highest BCUT2D eigenvalue weighted by Gasteiger charge is 2.26. The molecule has 0 bridgehead atoms. The van der Waals surface area contributed by atoms with Gasteiger partial charge in [0, 0.05) is 18.1 Å². The number of carbonyl (C=O) groups excluding carboxylic acids is 4. The van der Waals surface area contributed by atoms with Crippen molar-refractivity contribution in [2.75, 3.05) is 13.7 Å². The number of carbonyl (C=O) groups is 4. The minimum atomic E-state index is -0.906. The van der Waals surface area contributed by atoms with E-state index >= 15 is 0 Å². The lowest BCUT2D eigenvalue weighted by Gasteiger charge is -2.19. The third kappa shape index (κ3) is 8.59. The number of para-hydroxylation sites is 1. The van der Waals surface area contributed by atoms with Crippen molar-refractivity contribution in [3.05, 3.63) is 71.9 Å². The number of alkyl carbamates (subject to hydrolysis) is 1. The van der Waals surface area contributed by atoms with Gasteiger partial charge in [-0.1, -0.05) is 48.5 Å². The molecule has 2 N–H and O–H groups in total. The summed E-state index contributed by atoms with van der Waals surface area (Å²) in [7, 11) is 1.25. The van der Waals surface area contributed by atoms with Crippen molar-refractivity contribution < 1.29 is 33.4 Å². The van der Waals surface area contributed by atoms with Gasteiger partial charge in [-0.3, -0.25) is 9.36 Å². The van der Waals surface area contributed by atoms with E-state index in [1.165, 1.54) is 17.9 Å². The van der Waals surface area contributed by atoms with Crippen LogP contribution in [0.2, 0.25) is 0 Å². The largest absolute Gasteiger partial charge is 0.467 e. The first kappa shape index (κ1) is 29.2. The highest BCUT2D eigenvalue weighted by atomic mass is 16.6. The van der Waals surface area contributed by atoms with Gasteiger partial charge in [0.2, 0.25) is 0 Å². The quantitative estimate of drug-likeness (QED) is 0.216. The molecular formula is C29H35N3O7. The minimum Gasteiger partial charge on any atom is -0.467 e. The van der Waals surface area contributed by atoms with Crippen molar-refractivity contribution in [2.45, 2.75) is 58.3 Å². The molecule has 0 fully saturated rings. The van der Waals surface area contributed by atoms with Crippen LogP contribution in [-0.4, -0.2) is 53.9 Å². The molecule has 0 aliphatic rings. The van der Waals surface area contributed by atoms with Gasteiger partial charge in [-0.2, -0.15) is 0 Å². The van der Waals surface area contributed by atoms with Crippen molar-refractivity contribution in [1.82, 2.24) is 15.2 Å². The predicted molar refractivity (Wildman–Crippen MR) is 145 cm³/mol. The Morgan fingerprint density at radius 2 is 1.64 bits per heavy atom. The van der Waals surface area contributed by atoms with Crippen LogP contribution in [0, 0.1) is 0 Å². The van der Waals surface area contributed by atoms with E-state index in [4.69, 9.17) is 14.2 Å². The van der Waals surface area contributed by atoms with Crippen molar-refractivity contribution >= 4 is 35.0 Å². The molecule has 3 aromatic rings. The van der Waals surface area contributed by atoms with Crippen LogP contribution in [0.15, 0.2) is 60.8 Å². The van der Waals surface area contributed by atoms with Crippen molar-refractivity contribution in [2.24, 2.45) is 0 Å². The number of benzene rings is 2. The number of hydrogen-bond donors (Lipinski definition) is 2. The van der Waals surface area contributed by atoms with E-state index in [-0.39, 0.29) is 12.2 Å². The van der Waals surface area contributed by atoms with Crippen molar-refractivity contribution in [3.8, 4) is 0 Å². The van der Waals surface area contributed by atoms with E-state index < -0.39 is 35.7 Å². The fourth-order valence-electron chi connectivity index (χ4n) is 3.89. The second-order valence-corrected chi connectivity index (χ2v) is 9.94. The second-order valence-electron chi connectivity index (χ2n) is 9.94. The Bertz CT molecular complexity index is 1300. The van der Waals surface area contributed by atoms with Gasteiger partial charge in [0.15, 0.2) is 0 Å². The summed E-state index contributed by atoms with van der Waals surface area (Å²) < 4.78 is 16.8. The van der Waals surface area contributed by atoms with Gasteiger partial charge >= 0.3 is 18.2 Å². The topological polar surface area (TPSA) is 125 Å². The summed E-state index contributed by atoms with van der Waals surface area (Å²) in [6, 6.07) is 15.4. The number of unbranched alkanes of at least 4 members (excludes halogenated alkanes) is 1. The zero-order valence-electron chi connectivity index (χ0n) is 22.7. The molecule has 1 heterocycles. The maximum Gasteiger partial charge on any atom is 0.419 e. The van der Waals surface area contributed by atoms with Crippen LogP contribution in [0.25, 0.3) is 10.9 Å². The summed E-state index contributed by atoms with van der Waals surface area (Å²) >= 11 is 0. The van der Waals surface area contributed by atoms with Gasteiger partial charge < -0.3 is 24.8 Å². The summed E-state index contributed by atoms with van der Waals surface area (Å²) in [5, 5.41) is 5.94. The molecular weight excluding hydrogens is 502 g/mol. The van der Waals surface area contributed by atoms with E-state index in [9.17, 15) is 19.2 Å². The fraction of sp³-hybridized carbons (Fsp3) is 0.379. The van der Waals surface area contributed by atoms with Gasteiger partial charge in [0.1, 0.15) is 18.2 Å². The van der Waals surface area contributed by atoms with Gasteiger partial charge in [-0.05, 0) is 51.7 Å². The van der Waals surface area contributed by atoms with Crippen LogP contribution < -0.4 is 10.6 Å². The van der Waals surface area contributed by atoms with Crippen LogP contribution in [0.3, 0.4) is 0 Å². The molecule has 10 nitrogen and oxygen atoms in total. The molecule has 1 aromatic heterocycles. The number of fused-ring (bicyclic) bond motifs is 1. The Morgan fingerprint density at radius 3 is 2.33 bits per heavy atom. The van der Waals surface area contributed by atoms with Crippen LogP contribution >= 0.6 is 0 Å². The first-order chi connectivity index (χ1) is 18.6. The molecule has 1 atom stereocenters. The Morgan fingerprint density at radius 1 is 0.949 bits per heavy atom. The molecule has 0 aliphatic carbocycles. The lowest BCUT2D eigenvalue weighted by molar-refractivity contribution is -0.143. The first-order valence-corrected chi connectivity index (χ1v) is 12.8. The number of methoxy groups -OCH3 is 1. The molecule has 10 heteroatoms. The maximum absolute atomic E-state index is 13.2. The average molecular weight is 538 g/mol. The number of esters is 1. The summed E-state index contributed by atoms with van der Waals surface area (Å²) in [5.74, 6) is -1.11. The van der Waals surface area contributed by atoms with Crippen LogP contribution in [0.4, 0.5) is 9.59 Å². The predicted octanol–water partition coefficient (Wildman–Crippen LogP) is 4.79. The fourth-order valence-corrected chi connectivity index (χ4v) is 3.89. The number of nitrogens with one attached hydrogen (secondary N) is 2. The molecule has 208 valence electrons. The first-order valence-electron chi connectivity index (χ1n) is 12.8. The van der Waals surface area contributed by atoms with Crippen LogP contribution in [0.1, 0.15) is 56.0 Å². The van der Waals surface area contributed by atoms with Crippen molar-refractivity contribution in [1.29, 1.82) is 0 Å². The molecule has 0 saturated carbocycles. The molecule has 0 unspecified atom stereocenters. The number of aromatic nitrogens is 1. The lowest BCUT2D eigenvalue weighted by atomic mass is 10.1. The lowest BCUT2D eigenvalue weighted by Crippen LogP contribution is -2.41. The Labute approximate surface area is 227 Å². The Kier molecular flexibility index (Phi) is 10.1. The molecule has 2 aromatic carbocycles. The molecule has 0 saturated heterocycles. The third-order valence-electron chi connectivity index (χ3n) is 5.74. The van der Waals surface area contributed by atoms with Crippen LogP contribution in [-0.2, 0) is 25.6 Å². The number of hydrogen-bond acceptors (Lipinski definition) is 7. The van der Waals surface area contributed by atoms with E-state index in [2.05, 4.69) is 10.6 Å². The van der Waals surface area contributed by atoms with Gasteiger partial charge in [-0.25, -0.2) is 14.4 Å². The standard InChI is InChI=1S/C29H35N3O7/c1-29(2,3)39-28(36)32-18-22(21-14-8-9-16-24(21)32)25(33)31-23(26(34)37-4)15-10-11-17-30-27(35)38-19-20-12-6-5-7-13-20/h5-9,12-14,16,18,23H,10-11,15,17,19H2,1-4H3,(H,30,35)(H,31,33)/t23-/m0/s1. The Hall–Kier alpha value is -4.34. The summed E-state index contributed by atoms with van der Waals surface area (Å²) in [4.78, 5) is 50.3. The number of ether oxygens (including phenoxy) is 3. The zero-order valence-corrected chi connectivity index (χ0v) is 22.7. The molecule has 3 rings (SSSR count). The van der Waals surface area contributed by atoms with E-state index in [1.807, 2.05) is 30.3 Å². The van der Waals surface area contributed by atoms with Gasteiger partial charge in [0.25, 0.3) is 5.91 Å². The molecule has 0 radical (unpaired) electrons. The molecule has 39 heavy (non-hydrogen) atoms. The van der Waals surface area contributed by atoms with E-state index in [0.29, 0.717) is 36.7 Å². The highest BCUT2D eigenvalue weighted by molar-refractivity contribution is 6.09. The maximum atomic E-state index is 13.2. The SMILES string of the molecule is COC(=O)[C@H](CCCCNC(=O)OCc1ccccc1)NC(=O)c1cn(C(=O)OC(C)(C)C)c2ccccc12. The molecule has 2 amide bonds. The normalized spacial score (nSPS) is 11.9. The smallest absolute Gasteiger partial charge is 0.419 e. The Balaban J connectivity index is 1.57. The van der Waals surface area contributed by atoms with Crippen LogP contribution in [0.5, 0.6) is 0 Å². The monoisotopic (exact) mass is 537 g/mol. The van der Waals surface area contributed by atoms with E-state index in [1.54, 1.807) is 45.0 Å². The number of amides is 2. The van der Waals surface area contributed by atoms with Gasteiger partial charge in [-0.15, -0.1) is 0 Å². The zero-order chi connectivity index (χ0) is 28.4. The summed E-state index contributed by atoms with van der Waals surface area (Å²) in [6.07, 6.45) is 1.65. The van der Waals surface area contributed by atoms with E-state index in [0.717, 1.165) is 5.56 Å². The number of nitrogens with zero attached hydrogens (tertiary/aromatic N) is 1. The number of rotatable bonds is 10. The summed E-state index contributed by atoms with van der Waals surface area (Å²) in [5.41, 5.74) is 0.914. The highest BCUT2D eigenvalue weighted by Crippen LogP contribution is 2.23. The molecule has 0 aliphatic heterocycles. The minimum absolute atomic E-state index is 0.174. The second kappa shape index (κ2) is 13.5. The summed E-state index contributed by atoms with van der Waals surface area (Å²) in [6.45, 7) is 5.80. The third-order valence-corrected chi connectivity index (χ3v) is 5.74.